The molecule has 0 heterocycles. The van der Waals surface area contributed by atoms with Gasteiger partial charge in [0, 0.05) is 23.7 Å². The summed E-state index contributed by atoms with van der Waals surface area (Å²) in [6.07, 6.45) is 3.75. The maximum Gasteiger partial charge on any atom is 0.221 e. The first-order chi connectivity index (χ1) is 11.4. The summed E-state index contributed by atoms with van der Waals surface area (Å²) >= 11 is 0. The van der Waals surface area contributed by atoms with Crippen molar-refractivity contribution in [2.45, 2.75) is 6.92 Å². The molecule has 6 nitrogen and oxygen atoms in total. The second-order valence-electron chi connectivity index (χ2n) is 5.27. The quantitative estimate of drug-likeness (QED) is 0.303. The minimum Gasteiger partial charge on any atom is -0.384 e. The predicted molar refractivity (Wildman–Crippen MR) is 113 cm³/mol. The van der Waals surface area contributed by atoms with Gasteiger partial charge in [0.1, 0.15) is 11.7 Å². The highest BCUT2D eigenvalue weighted by molar-refractivity contribution is 5.99. The van der Waals surface area contributed by atoms with Crippen LogP contribution in [0.5, 0.6) is 0 Å². The van der Waals surface area contributed by atoms with E-state index in [1.54, 1.807) is 30.3 Å². The molecule has 0 aromatic heterocycles. The van der Waals surface area contributed by atoms with Crippen molar-refractivity contribution in [1.82, 2.24) is 0 Å². The number of hydrogen-bond donors (Lipinski definition) is 5. The molecule has 0 saturated carbocycles. The number of amidine groups is 2. The Hall–Kier alpha value is -2.83. The number of nitrogens with one attached hydrogen (secondary N) is 3. The highest BCUT2D eigenvalue weighted by atomic mass is 35.5. The molecule has 0 aliphatic rings. The molecule has 0 saturated heterocycles. The number of carbonyl (C=O) groups is 1. The number of hydrogen-bond acceptors (Lipinski definition) is 3. The summed E-state index contributed by atoms with van der Waals surface area (Å²) in [5.74, 6) is -0.230. The zero-order chi connectivity index (χ0) is 17.7. The van der Waals surface area contributed by atoms with Gasteiger partial charge in [0.25, 0.3) is 0 Å². The molecule has 0 aliphatic carbocycles. The SMILES string of the molecule is CC(=O)Nc1cc(C(=N)N)ccc1/C=C\c1ccc(C(=N)N)cc1.Cl.Cl. The van der Waals surface area contributed by atoms with Crippen molar-refractivity contribution in [3.8, 4) is 0 Å². The van der Waals surface area contributed by atoms with Gasteiger partial charge in [-0.1, -0.05) is 48.6 Å². The van der Waals surface area contributed by atoms with E-state index < -0.39 is 0 Å². The van der Waals surface area contributed by atoms with Crippen molar-refractivity contribution >= 4 is 60.2 Å². The molecule has 2 rings (SSSR count). The van der Waals surface area contributed by atoms with E-state index in [-0.39, 0.29) is 42.4 Å². The van der Waals surface area contributed by atoms with Gasteiger partial charge in [-0.05, 0) is 17.2 Å². The third-order valence-electron chi connectivity index (χ3n) is 3.35. The van der Waals surface area contributed by atoms with E-state index in [9.17, 15) is 4.79 Å². The van der Waals surface area contributed by atoms with E-state index >= 15 is 0 Å². The third kappa shape index (κ3) is 6.23. The van der Waals surface area contributed by atoms with Crippen molar-refractivity contribution < 1.29 is 4.79 Å². The Morgan fingerprint density at radius 1 is 0.923 bits per heavy atom. The Bertz CT molecular complexity index is 832. The van der Waals surface area contributed by atoms with E-state index in [0.29, 0.717) is 16.8 Å². The Balaban J connectivity index is 0.00000312. The number of amides is 1. The molecule has 7 N–H and O–H groups in total. The number of benzene rings is 2. The fourth-order valence-corrected chi connectivity index (χ4v) is 2.13. The maximum absolute atomic E-state index is 11.4. The molecule has 0 aliphatic heterocycles. The average Bonchev–Trinajstić information content (AvgIpc) is 2.53. The molecule has 8 heteroatoms. The highest BCUT2D eigenvalue weighted by Gasteiger charge is 2.05. The third-order valence-corrected chi connectivity index (χ3v) is 3.35. The highest BCUT2D eigenvalue weighted by Crippen LogP contribution is 2.21. The molecule has 2 aromatic carbocycles. The minimum atomic E-state index is -0.198. The number of anilines is 1. The first-order valence-electron chi connectivity index (χ1n) is 7.25. The van der Waals surface area contributed by atoms with E-state index in [0.717, 1.165) is 11.1 Å². The topological polar surface area (TPSA) is 129 Å². The lowest BCUT2D eigenvalue weighted by atomic mass is 10.1. The van der Waals surface area contributed by atoms with Crippen LogP contribution >= 0.6 is 24.8 Å². The Morgan fingerprint density at radius 2 is 1.46 bits per heavy atom. The molecular formula is C18H21Cl2N5O. The van der Waals surface area contributed by atoms with Gasteiger partial charge in [-0.3, -0.25) is 15.6 Å². The first-order valence-corrected chi connectivity index (χ1v) is 7.25. The van der Waals surface area contributed by atoms with E-state index in [4.69, 9.17) is 22.3 Å². The molecule has 0 radical (unpaired) electrons. The van der Waals surface area contributed by atoms with Gasteiger partial charge in [-0.15, -0.1) is 24.8 Å². The number of nitrogen functional groups attached to an aromatic ring is 2. The molecule has 26 heavy (non-hydrogen) atoms. The van der Waals surface area contributed by atoms with Crippen LogP contribution < -0.4 is 16.8 Å². The van der Waals surface area contributed by atoms with Crippen molar-refractivity contribution in [2.24, 2.45) is 11.5 Å². The van der Waals surface area contributed by atoms with Crippen LogP contribution in [0.2, 0.25) is 0 Å². The van der Waals surface area contributed by atoms with Gasteiger partial charge in [-0.25, -0.2) is 0 Å². The molecule has 0 bridgehead atoms. The first kappa shape index (κ1) is 23.2. The van der Waals surface area contributed by atoms with E-state index in [1.165, 1.54) is 6.92 Å². The monoisotopic (exact) mass is 393 g/mol. The second kappa shape index (κ2) is 10.2. The number of carbonyl (C=O) groups excluding carboxylic acids is 1. The fourth-order valence-electron chi connectivity index (χ4n) is 2.13. The van der Waals surface area contributed by atoms with Crippen molar-refractivity contribution in [2.75, 3.05) is 5.32 Å². The summed E-state index contributed by atoms with van der Waals surface area (Å²) in [5.41, 5.74) is 14.5. The van der Waals surface area contributed by atoms with Gasteiger partial charge in [0.05, 0.1) is 0 Å². The largest absolute Gasteiger partial charge is 0.384 e. The standard InChI is InChI=1S/C18H19N5O.2ClH/c1-11(24)23-16-10-15(18(21)22)9-8-13(16)5-2-12-3-6-14(7-4-12)17(19)20;;/h2-10H,1H3,(H3,19,20)(H3,21,22)(H,23,24);2*1H/b5-2-;;. The second-order valence-corrected chi connectivity index (χ2v) is 5.27. The fraction of sp³-hybridized carbons (Fsp3) is 0.0556. The molecule has 0 fully saturated rings. The van der Waals surface area contributed by atoms with Crippen molar-refractivity contribution in [1.29, 1.82) is 10.8 Å². The summed E-state index contributed by atoms with van der Waals surface area (Å²) in [5, 5.41) is 17.6. The summed E-state index contributed by atoms with van der Waals surface area (Å²) in [6.45, 7) is 1.43. The summed E-state index contributed by atoms with van der Waals surface area (Å²) in [4.78, 5) is 11.4. The smallest absolute Gasteiger partial charge is 0.221 e. The van der Waals surface area contributed by atoms with Crippen molar-refractivity contribution in [3.05, 3.63) is 64.7 Å². The van der Waals surface area contributed by atoms with Crippen LogP contribution in [0.3, 0.4) is 0 Å². The predicted octanol–water partition coefficient (Wildman–Crippen LogP) is 3.23. The van der Waals surface area contributed by atoms with Crippen LogP contribution in [0, 0.1) is 10.8 Å². The molecule has 1 amide bonds. The molecule has 0 atom stereocenters. The van der Waals surface area contributed by atoms with Gasteiger partial charge >= 0.3 is 0 Å². The van der Waals surface area contributed by atoms with Crippen LogP contribution in [0.25, 0.3) is 12.2 Å². The average molecular weight is 394 g/mol. The van der Waals surface area contributed by atoms with E-state index in [1.807, 2.05) is 24.3 Å². The van der Waals surface area contributed by atoms with Crippen LogP contribution in [0.1, 0.15) is 29.2 Å². The summed E-state index contributed by atoms with van der Waals surface area (Å²) in [6, 6.07) is 12.5. The molecule has 0 unspecified atom stereocenters. The lowest BCUT2D eigenvalue weighted by Crippen LogP contribution is -2.13. The number of halogens is 2. The van der Waals surface area contributed by atoms with Crippen LogP contribution in [0.4, 0.5) is 5.69 Å². The van der Waals surface area contributed by atoms with Crippen LogP contribution in [0.15, 0.2) is 42.5 Å². The van der Waals surface area contributed by atoms with Crippen LogP contribution in [-0.2, 0) is 4.79 Å². The number of nitrogens with two attached hydrogens (primary N) is 2. The lowest BCUT2D eigenvalue weighted by Gasteiger charge is -2.09. The number of rotatable bonds is 5. The maximum atomic E-state index is 11.4. The molecule has 0 spiro atoms. The lowest BCUT2D eigenvalue weighted by molar-refractivity contribution is -0.114. The van der Waals surface area contributed by atoms with Gasteiger partial charge in [0.15, 0.2) is 0 Å². The van der Waals surface area contributed by atoms with Gasteiger partial charge in [-0.2, -0.15) is 0 Å². The molecular weight excluding hydrogens is 373 g/mol. The minimum absolute atomic E-state index is 0. The zero-order valence-electron chi connectivity index (χ0n) is 14.1. The van der Waals surface area contributed by atoms with E-state index in [2.05, 4.69) is 5.32 Å². The molecule has 138 valence electrons. The van der Waals surface area contributed by atoms with Crippen molar-refractivity contribution in [3.63, 3.8) is 0 Å². The summed E-state index contributed by atoms with van der Waals surface area (Å²) < 4.78 is 0. The van der Waals surface area contributed by atoms with Gasteiger partial charge in [0.2, 0.25) is 5.91 Å². The zero-order valence-corrected chi connectivity index (χ0v) is 15.7. The van der Waals surface area contributed by atoms with Gasteiger partial charge < -0.3 is 16.8 Å². The summed E-state index contributed by atoms with van der Waals surface area (Å²) in [7, 11) is 0. The Labute approximate surface area is 164 Å². The Morgan fingerprint density at radius 3 is 1.96 bits per heavy atom. The normalized spacial score (nSPS) is 9.73. The Kier molecular flexibility index (Phi) is 9.11. The molecule has 2 aromatic rings. The van der Waals surface area contributed by atoms with Crippen LogP contribution in [-0.4, -0.2) is 17.6 Å².